The number of nitrogens with one attached hydrogen (secondary N) is 2. The number of carbonyl (C=O) groups excluding carboxylic acids is 5. The van der Waals surface area contributed by atoms with Crippen LogP contribution >= 0.6 is 11.6 Å². The molecule has 15 nitrogen and oxygen atoms in total. The molecular formula is C40H42ClN9O6. The number of rotatable bonds is 9. The van der Waals surface area contributed by atoms with Crippen LogP contribution < -0.4 is 25.2 Å². The maximum absolute atomic E-state index is 13.3. The molecule has 2 N–H and O–H groups in total. The van der Waals surface area contributed by atoms with Gasteiger partial charge in [-0.25, -0.2) is 9.97 Å². The van der Waals surface area contributed by atoms with Crippen LogP contribution in [0.15, 0.2) is 48.8 Å². The number of hydrogen-bond donors (Lipinski definition) is 2. The minimum absolute atomic E-state index is 0.0880. The predicted octanol–water partition coefficient (Wildman–Crippen LogP) is 3.63. The van der Waals surface area contributed by atoms with Gasteiger partial charge in [0.25, 0.3) is 11.8 Å². The summed E-state index contributed by atoms with van der Waals surface area (Å²) in [5, 5.41) is 14.5. The van der Waals surface area contributed by atoms with Crippen molar-refractivity contribution in [3.8, 4) is 11.8 Å². The number of piperidine rings is 2. The average Bonchev–Trinajstić information content (AvgIpc) is 3.77. The first-order valence-electron chi connectivity index (χ1n) is 19.2. The Hall–Kier alpha value is -5.59. The smallest absolute Gasteiger partial charge is 0.262 e. The summed E-state index contributed by atoms with van der Waals surface area (Å²) >= 11 is 6.13. The Morgan fingerprint density at radius 3 is 2.32 bits per heavy atom. The molecule has 3 atom stereocenters. The normalized spacial score (nSPS) is 23.2. The van der Waals surface area contributed by atoms with Crippen LogP contribution in [0.4, 0.5) is 17.3 Å². The van der Waals surface area contributed by atoms with E-state index in [2.05, 4.69) is 35.3 Å². The largest absolute Gasteiger partial charge is 0.490 e. The number of imide groups is 2. The second-order valence-corrected chi connectivity index (χ2v) is 15.6. The van der Waals surface area contributed by atoms with Crippen molar-refractivity contribution in [2.24, 2.45) is 11.8 Å². The van der Waals surface area contributed by atoms with E-state index in [4.69, 9.17) is 21.6 Å². The van der Waals surface area contributed by atoms with E-state index in [1.807, 2.05) is 12.1 Å². The van der Waals surface area contributed by atoms with Crippen LogP contribution in [-0.2, 0) is 14.4 Å². The van der Waals surface area contributed by atoms with E-state index in [1.165, 1.54) is 0 Å². The third-order valence-corrected chi connectivity index (χ3v) is 12.0. The number of hydrogen-bond acceptors (Lipinski definition) is 12. The van der Waals surface area contributed by atoms with Crippen molar-refractivity contribution < 1.29 is 28.7 Å². The zero-order valence-corrected chi connectivity index (χ0v) is 31.5. The number of carbonyl (C=O) groups is 5. The lowest BCUT2D eigenvalue weighted by Gasteiger charge is -2.40. The first kappa shape index (κ1) is 37.3. The van der Waals surface area contributed by atoms with Gasteiger partial charge >= 0.3 is 0 Å². The second-order valence-electron chi connectivity index (χ2n) is 15.2. The SMILES string of the molecule is N#Cc1ccc(OC2CCC(C(=O)Nc3ncc(N4CCC(CN5CCN(c6ccc7c(c6)C(=O)N(C6CCC(=O)NC6=O)C7=O)CC5)CC4)cn3)C2)cc1Cl. The fourth-order valence-electron chi connectivity index (χ4n) is 8.48. The van der Waals surface area contributed by atoms with Gasteiger partial charge in [-0.05, 0) is 74.8 Å². The molecule has 0 radical (unpaired) electrons. The fraction of sp³-hybridized carbons (Fsp3) is 0.450. The van der Waals surface area contributed by atoms with Gasteiger partial charge in [0, 0.05) is 69.9 Å². The van der Waals surface area contributed by atoms with Crippen molar-refractivity contribution in [3.63, 3.8) is 0 Å². The topological polar surface area (TPSA) is 181 Å². The van der Waals surface area contributed by atoms with Crippen molar-refractivity contribution in [1.29, 1.82) is 5.26 Å². The van der Waals surface area contributed by atoms with E-state index in [1.54, 1.807) is 42.7 Å². The molecule has 2 aromatic carbocycles. The Morgan fingerprint density at radius 1 is 0.875 bits per heavy atom. The summed E-state index contributed by atoms with van der Waals surface area (Å²) < 4.78 is 6.03. The lowest BCUT2D eigenvalue weighted by atomic mass is 9.95. The molecule has 8 rings (SSSR count). The number of ether oxygens (including phenoxy) is 1. The number of halogens is 1. The van der Waals surface area contributed by atoms with Gasteiger partial charge in [0.15, 0.2) is 0 Å². The van der Waals surface area contributed by atoms with Crippen LogP contribution in [0.3, 0.4) is 0 Å². The van der Waals surface area contributed by atoms with E-state index < -0.39 is 29.7 Å². The number of aromatic nitrogens is 2. The first-order valence-corrected chi connectivity index (χ1v) is 19.6. The van der Waals surface area contributed by atoms with Crippen LogP contribution in [0.2, 0.25) is 5.02 Å². The Labute approximate surface area is 328 Å². The van der Waals surface area contributed by atoms with Gasteiger partial charge in [0.1, 0.15) is 17.9 Å². The molecule has 3 saturated heterocycles. The highest BCUT2D eigenvalue weighted by molar-refractivity contribution is 6.31. The van der Waals surface area contributed by atoms with Crippen LogP contribution in [0.1, 0.15) is 71.2 Å². The molecule has 5 heterocycles. The predicted molar refractivity (Wildman–Crippen MR) is 205 cm³/mol. The molecule has 0 spiro atoms. The Bertz CT molecular complexity index is 2090. The lowest BCUT2D eigenvalue weighted by Crippen LogP contribution is -2.54. The summed E-state index contributed by atoms with van der Waals surface area (Å²) in [6.07, 6.45) is 7.73. The molecule has 56 heavy (non-hydrogen) atoms. The van der Waals surface area contributed by atoms with E-state index in [9.17, 15) is 24.0 Å². The minimum atomic E-state index is -0.977. The Balaban J connectivity index is 0.762. The number of anilines is 3. The third-order valence-electron chi connectivity index (χ3n) is 11.6. The van der Waals surface area contributed by atoms with Gasteiger partial charge in [-0.15, -0.1) is 0 Å². The molecule has 3 unspecified atom stereocenters. The van der Waals surface area contributed by atoms with Crippen LogP contribution in [0.5, 0.6) is 5.75 Å². The highest BCUT2D eigenvalue weighted by Gasteiger charge is 2.45. The monoisotopic (exact) mass is 779 g/mol. The molecule has 3 aromatic rings. The summed E-state index contributed by atoms with van der Waals surface area (Å²) in [6, 6.07) is 11.3. The summed E-state index contributed by atoms with van der Waals surface area (Å²) in [6.45, 7) is 6.15. The van der Waals surface area contributed by atoms with E-state index in [0.29, 0.717) is 40.7 Å². The summed E-state index contributed by atoms with van der Waals surface area (Å²) in [5.41, 5.74) is 2.78. The third kappa shape index (κ3) is 7.76. The summed E-state index contributed by atoms with van der Waals surface area (Å²) in [7, 11) is 0. The number of piperazine rings is 1. The van der Waals surface area contributed by atoms with Crippen molar-refractivity contribution in [2.45, 2.75) is 57.1 Å². The van der Waals surface area contributed by atoms with E-state index in [-0.39, 0.29) is 42.3 Å². The summed E-state index contributed by atoms with van der Waals surface area (Å²) in [4.78, 5) is 80.3. The van der Waals surface area contributed by atoms with Crippen molar-refractivity contribution in [3.05, 3.63) is 70.5 Å². The molecule has 1 aliphatic carbocycles. The van der Waals surface area contributed by atoms with Gasteiger partial charge < -0.3 is 14.5 Å². The van der Waals surface area contributed by atoms with Gasteiger partial charge in [0.05, 0.1) is 45.9 Å². The lowest BCUT2D eigenvalue weighted by molar-refractivity contribution is -0.136. The molecule has 5 amide bonds. The first-order chi connectivity index (χ1) is 27.1. The zero-order chi connectivity index (χ0) is 38.9. The highest BCUT2D eigenvalue weighted by atomic mass is 35.5. The summed E-state index contributed by atoms with van der Waals surface area (Å²) in [5.74, 6) is -0.904. The second kappa shape index (κ2) is 15.9. The zero-order valence-electron chi connectivity index (χ0n) is 30.8. The van der Waals surface area contributed by atoms with Gasteiger partial charge in [-0.3, -0.25) is 44.4 Å². The standard InChI is InChI=1S/C40H42ClN9O6/c41-33-19-30(5-2-26(33)20-42)56-29-4-1-25(17-29)36(52)46-40-43-21-28(22-44-40)48-11-9-24(10-12-48)23-47-13-15-49(16-14-47)27-3-6-31-32(18-27)39(55)50(38(31)54)34-7-8-35(51)45-37(34)53/h2-3,5-6,18-19,21-22,24-25,29,34H,1,4,7-17,23H2,(H,45,51,53)(H,43,44,46,52). The Kier molecular flexibility index (Phi) is 10.6. The maximum Gasteiger partial charge on any atom is 0.262 e. The maximum atomic E-state index is 13.3. The Morgan fingerprint density at radius 2 is 1.61 bits per heavy atom. The number of nitrogens with zero attached hydrogens (tertiary/aromatic N) is 7. The van der Waals surface area contributed by atoms with Crippen LogP contribution in [0, 0.1) is 23.2 Å². The highest BCUT2D eigenvalue weighted by Crippen LogP contribution is 2.33. The fourth-order valence-corrected chi connectivity index (χ4v) is 8.69. The van der Waals surface area contributed by atoms with E-state index >= 15 is 0 Å². The average molecular weight is 780 g/mol. The number of benzene rings is 2. The van der Waals surface area contributed by atoms with Crippen LogP contribution in [-0.4, -0.2) is 107 Å². The van der Waals surface area contributed by atoms with Gasteiger partial charge in [-0.1, -0.05) is 11.6 Å². The number of nitriles is 1. The van der Waals surface area contributed by atoms with Gasteiger partial charge in [0.2, 0.25) is 23.7 Å². The molecule has 4 fully saturated rings. The van der Waals surface area contributed by atoms with Crippen LogP contribution in [0.25, 0.3) is 0 Å². The van der Waals surface area contributed by atoms with Crippen molar-refractivity contribution >= 4 is 58.5 Å². The molecule has 16 heteroatoms. The molecule has 1 saturated carbocycles. The molecule has 0 bridgehead atoms. The van der Waals surface area contributed by atoms with Crippen molar-refractivity contribution in [2.75, 3.05) is 60.9 Å². The number of fused-ring (bicyclic) bond motifs is 1. The molecule has 4 aliphatic heterocycles. The molecule has 290 valence electrons. The van der Waals surface area contributed by atoms with E-state index in [0.717, 1.165) is 81.4 Å². The van der Waals surface area contributed by atoms with Gasteiger partial charge in [-0.2, -0.15) is 5.26 Å². The minimum Gasteiger partial charge on any atom is -0.490 e. The number of amides is 5. The molecule has 5 aliphatic rings. The van der Waals surface area contributed by atoms with Crippen molar-refractivity contribution in [1.82, 2.24) is 25.1 Å². The molecule has 1 aromatic heterocycles. The molecular weight excluding hydrogens is 738 g/mol. The quantitative estimate of drug-likeness (QED) is 0.302.